The van der Waals surface area contributed by atoms with Crippen molar-refractivity contribution in [2.45, 2.75) is 6.42 Å². The summed E-state index contributed by atoms with van der Waals surface area (Å²) in [5, 5.41) is 0. The SMILES string of the molecule is CN(C)c1ccc(Cc2cnc(=O)[nH]c2N)cc1. The Morgan fingerprint density at radius 1 is 1.28 bits per heavy atom. The first kappa shape index (κ1) is 12.2. The number of nitrogens with two attached hydrogens (primary N) is 1. The lowest BCUT2D eigenvalue weighted by molar-refractivity contribution is 1.03. The lowest BCUT2D eigenvalue weighted by Crippen LogP contribution is -2.14. The quantitative estimate of drug-likeness (QED) is 0.845. The number of nitrogens with one attached hydrogen (secondary N) is 1. The Morgan fingerprint density at radius 3 is 2.50 bits per heavy atom. The number of hydrogen-bond acceptors (Lipinski definition) is 4. The molecule has 18 heavy (non-hydrogen) atoms. The van der Waals surface area contributed by atoms with Crippen LogP contribution < -0.4 is 16.3 Å². The van der Waals surface area contributed by atoms with E-state index in [2.05, 4.69) is 9.97 Å². The van der Waals surface area contributed by atoms with Crippen molar-refractivity contribution in [2.75, 3.05) is 24.7 Å². The van der Waals surface area contributed by atoms with Crippen molar-refractivity contribution in [3.63, 3.8) is 0 Å². The number of hydrogen-bond donors (Lipinski definition) is 2. The largest absolute Gasteiger partial charge is 0.385 e. The van der Waals surface area contributed by atoms with Gasteiger partial charge in [0.25, 0.3) is 0 Å². The normalized spacial score (nSPS) is 10.3. The van der Waals surface area contributed by atoms with E-state index in [1.54, 1.807) is 0 Å². The van der Waals surface area contributed by atoms with Crippen LogP contribution in [0.15, 0.2) is 35.3 Å². The predicted octanol–water partition coefficient (Wildman–Crippen LogP) is 1.01. The van der Waals surface area contributed by atoms with E-state index in [0.29, 0.717) is 12.2 Å². The van der Waals surface area contributed by atoms with Gasteiger partial charge < -0.3 is 10.6 Å². The van der Waals surface area contributed by atoms with Gasteiger partial charge in [-0.05, 0) is 17.7 Å². The van der Waals surface area contributed by atoms with Crippen LogP contribution in [0.25, 0.3) is 0 Å². The number of aromatic nitrogens is 2. The molecule has 0 saturated carbocycles. The molecule has 2 aromatic rings. The van der Waals surface area contributed by atoms with Crippen LogP contribution in [-0.4, -0.2) is 24.1 Å². The minimum atomic E-state index is -0.417. The summed E-state index contributed by atoms with van der Waals surface area (Å²) in [7, 11) is 4.00. The van der Waals surface area contributed by atoms with Gasteiger partial charge in [0.05, 0.1) is 0 Å². The summed E-state index contributed by atoms with van der Waals surface area (Å²) in [5.41, 5.74) is 8.42. The number of H-pyrrole nitrogens is 1. The van der Waals surface area contributed by atoms with E-state index in [1.165, 1.54) is 6.20 Å². The van der Waals surface area contributed by atoms with Crippen molar-refractivity contribution in [3.05, 3.63) is 52.1 Å². The lowest BCUT2D eigenvalue weighted by atomic mass is 10.1. The highest BCUT2D eigenvalue weighted by Crippen LogP contribution is 2.16. The van der Waals surface area contributed by atoms with Crippen molar-refractivity contribution in [2.24, 2.45) is 0 Å². The molecule has 5 nitrogen and oxygen atoms in total. The van der Waals surface area contributed by atoms with Gasteiger partial charge in [-0.2, -0.15) is 0 Å². The number of aromatic amines is 1. The van der Waals surface area contributed by atoms with E-state index in [4.69, 9.17) is 5.73 Å². The lowest BCUT2D eigenvalue weighted by Gasteiger charge is -2.12. The maximum absolute atomic E-state index is 11.0. The predicted molar refractivity (Wildman–Crippen MR) is 72.8 cm³/mol. The van der Waals surface area contributed by atoms with Gasteiger partial charge in [-0.25, -0.2) is 9.78 Å². The first-order chi connectivity index (χ1) is 8.56. The van der Waals surface area contributed by atoms with Gasteiger partial charge >= 0.3 is 5.69 Å². The summed E-state index contributed by atoms with van der Waals surface area (Å²) < 4.78 is 0. The topological polar surface area (TPSA) is 75.0 Å². The van der Waals surface area contributed by atoms with Crippen LogP contribution in [0.3, 0.4) is 0 Å². The number of nitrogen functional groups attached to an aromatic ring is 1. The number of anilines is 2. The van der Waals surface area contributed by atoms with Crippen LogP contribution in [0.4, 0.5) is 11.5 Å². The fourth-order valence-corrected chi connectivity index (χ4v) is 1.71. The average Bonchev–Trinajstić information content (AvgIpc) is 2.33. The molecular weight excluding hydrogens is 228 g/mol. The molecule has 1 aromatic carbocycles. The Hall–Kier alpha value is -2.30. The highest BCUT2D eigenvalue weighted by molar-refractivity contribution is 5.48. The van der Waals surface area contributed by atoms with Gasteiger partial charge in [-0.1, -0.05) is 12.1 Å². The van der Waals surface area contributed by atoms with Gasteiger partial charge in [0, 0.05) is 38.0 Å². The van der Waals surface area contributed by atoms with Crippen molar-refractivity contribution < 1.29 is 0 Å². The molecule has 1 aromatic heterocycles. The molecule has 1 heterocycles. The van der Waals surface area contributed by atoms with Crippen molar-refractivity contribution in [3.8, 4) is 0 Å². The molecule has 0 radical (unpaired) electrons. The third-order valence-corrected chi connectivity index (χ3v) is 2.77. The molecule has 0 aliphatic heterocycles. The molecule has 0 aliphatic rings. The van der Waals surface area contributed by atoms with Crippen LogP contribution in [-0.2, 0) is 6.42 Å². The number of benzene rings is 1. The standard InChI is InChI=1S/C13H16N4O/c1-17(2)11-5-3-9(4-6-11)7-10-8-15-13(18)16-12(10)14/h3-6,8H,7H2,1-2H3,(H3,14,15,16,18). The zero-order chi connectivity index (χ0) is 13.1. The van der Waals surface area contributed by atoms with Gasteiger partial charge in [0.2, 0.25) is 0 Å². The Balaban J connectivity index is 2.21. The van der Waals surface area contributed by atoms with Crippen molar-refractivity contribution in [1.29, 1.82) is 0 Å². The summed E-state index contributed by atoms with van der Waals surface area (Å²) in [4.78, 5) is 19.2. The monoisotopic (exact) mass is 244 g/mol. The smallest absolute Gasteiger partial charge is 0.346 e. The second-order valence-corrected chi connectivity index (χ2v) is 4.36. The van der Waals surface area contributed by atoms with Crippen LogP contribution in [0.2, 0.25) is 0 Å². The Bertz CT molecular complexity index is 587. The molecule has 94 valence electrons. The Kier molecular flexibility index (Phi) is 3.32. The molecule has 0 bridgehead atoms. The van der Waals surface area contributed by atoms with E-state index >= 15 is 0 Å². The van der Waals surface area contributed by atoms with E-state index in [1.807, 2.05) is 43.3 Å². The second-order valence-electron chi connectivity index (χ2n) is 4.36. The van der Waals surface area contributed by atoms with E-state index < -0.39 is 5.69 Å². The van der Waals surface area contributed by atoms with Gasteiger partial charge in [0.15, 0.2) is 0 Å². The molecule has 0 amide bonds. The average molecular weight is 244 g/mol. The summed E-state index contributed by atoms with van der Waals surface area (Å²) >= 11 is 0. The summed E-state index contributed by atoms with van der Waals surface area (Å²) in [6, 6.07) is 8.18. The molecule has 0 saturated heterocycles. The first-order valence-corrected chi connectivity index (χ1v) is 5.66. The van der Waals surface area contributed by atoms with Crippen LogP contribution in [0.1, 0.15) is 11.1 Å². The van der Waals surface area contributed by atoms with E-state index in [0.717, 1.165) is 16.8 Å². The van der Waals surface area contributed by atoms with Crippen molar-refractivity contribution >= 4 is 11.5 Å². The van der Waals surface area contributed by atoms with Gasteiger partial charge in [-0.15, -0.1) is 0 Å². The molecule has 0 unspecified atom stereocenters. The maximum atomic E-state index is 11.0. The zero-order valence-corrected chi connectivity index (χ0v) is 10.5. The minimum absolute atomic E-state index is 0.381. The van der Waals surface area contributed by atoms with Gasteiger partial charge in [-0.3, -0.25) is 4.98 Å². The Morgan fingerprint density at radius 2 is 1.94 bits per heavy atom. The highest BCUT2D eigenvalue weighted by atomic mass is 16.1. The minimum Gasteiger partial charge on any atom is -0.385 e. The molecule has 0 atom stereocenters. The number of rotatable bonds is 3. The Labute approximate surface area is 105 Å². The molecule has 0 aliphatic carbocycles. The van der Waals surface area contributed by atoms with E-state index in [-0.39, 0.29) is 0 Å². The van der Waals surface area contributed by atoms with Crippen LogP contribution in [0.5, 0.6) is 0 Å². The fourth-order valence-electron chi connectivity index (χ4n) is 1.71. The van der Waals surface area contributed by atoms with Gasteiger partial charge in [0.1, 0.15) is 5.82 Å². The molecule has 0 spiro atoms. The third-order valence-electron chi connectivity index (χ3n) is 2.77. The summed E-state index contributed by atoms with van der Waals surface area (Å²) in [6.07, 6.45) is 2.18. The number of nitrogens with zero attached hydrogens (tertiary/aromatic N) is 2. The second kappa shape index (κ2) is 4.91. The maximum Gasteiger partial charge on any atom is 0.346 e. The molecule has 2 rings (SSSR count). The first-order valence-electron chi connectivity index (χ1n) is 5.66. The molecule has 0 fully saturated rings. The zero-order valence-electron chi connectivity index (χ0n) is 10.5. The summed E-state index contributed by atoms with van der Waals surface area (Å²) in [6.45, 7) is 0. The molecular formula is C13H16N4O. The molecule has 5 heteroatoms. The van der Waals surface area contributed by atoms with Crippen LogP contribution >= 0.6 is 0 Å². The van der Waals surface area contributed by atoms with E-state index in [9.17, 15) is 4.79 Å². The highest BCUT2D eigenvalue weighted by Gasteiger charge is 2.03. The fraction of sp³-hybridized carbons (Fsp3) is 0.231. The van der Waals surface area contributed by atoms with Crippen LogP contribution in [0, 0.1) is 0 Å². The third kappa shape index (κ3) is 2.68. The molecule has 3 N–H and O–H groups in total. The van der Waals surface area contributed by atoms with Crippen molar-refractivity contribution in [1.82, 2.24) is 9.97 Å². The summed E-state index contributed by atoms with van der Waals surface area (Å²) in [5.74, 6) is 0.381.